The van der Waals surface area contributed by atoms with Crippen molar-refractivity contribution in [2.24, 2.45) is 0 Å². The third-order valence-electron chi connectivity index (χ3n) is 12.2. The minimum Gasteiger partial charge on any atom is -0.550 e. The normalized spacial score (nSPS) is 11.5. The fourth-order valence-corrected chi connectivity index (χ4v) is 7.99. The molecule has 0 aromatic carbocycles. The lowest BCUT2D eigenvalue weighted by Crippen LogP contribution is -2.41. The molecule has 0 aliphatic heterocycles. The predicted octanol–water partition coefficient (Wildman–Crippen LogP) is 13.9. The molecule has 0 saturated carbocycles. The van der Waals surface area contributed by atoms with Crippen LogP contribution in [0.25, 0.3) is 0 Å². The summed E-state index contributed by atoms with van der Waals surface area (Å²) in [6.45, 7) is 14.7. The van der Waals surface area contributed by atoms with E-state index < -0.39 is 11.9 Å². The molecule has 0 aromatic heterocycles. The van der Waals surface area contributed by atoms with Crippen molar-refractivity contribution in [2.75, 3.05) is 54.4 Å². The number of aliphatic carboxylic acids is 2. The van der Waals surface area contributed by atoms with Crippen molar-refractivity contribution in [3.8, 4) is 0 Å². The van der Waals surface area contributed by atoms with Gasteiger partial charge in [-0.1, -0.05) is 201 Å². The van der Waals surface area contributed by atoms with Gasteiger partial charge in [-0.15, -0.1) is 0 Å². The van der Waals surface area contributed by atoms with E-state index in [2.05, 4.69) is 55.9 Å². The monoisotopic (exact) mass is 839 g/mol. The molecular formula is C53H110N2O4. The number of hydrogen-bond donors (Lipinski definition) is 0. The molecule has 0 aromatic rings. The second-order valence-corrected chi connectivity index (χ2v) is 19.7. The van der Waals surface area contributed by atoms with Gasteiger partial charge in [0.25, 0.3) is 0 Å². The number of carbonyl (C=O) groups is 2. The van der Waals surface area contributed by atoms with Crippen LogP contribution in [0, 0.1) is 0 Å². The standard InChI is InChI=1S/2C22H48N.C9H16O4/c2*1-5-7-9-11-13-15-17-19-21-23(3,4)22-20-18-16-14-12-10-8-6-2;10-8(11)6-4-2-1-3-5-7-9(12)13/h2*5-22H2,1-4H3;1-7H2,(H,10,11)(H,12,13)/q2*+1;/p-2. The molecule has 356 valence electrons. The Hall–Kier alpha value is -1.14. The zero-order valence-electron chi connectivity index (χ0n) is 41.9. The predicted molar refractivity (Wildman–Crippen MR) is 256 cm³/mol. The molecular weight excluding hydrogens is 729 g/mol. The summed E-state index contributed by atoms with van der Waals surface area (Å²) in [5.41, 5.74) is 0. The van der Waals surface area contributed by atoms with Gasteiger partial charge in [-0.25, -0.2) is 0 Å². The molecule has 59 heavy (non-hydrogen) atoms. The minimum atomic E-state index is -1.02. The number of carboxylic acids is 2. The molecule has 0 aliphatic rings. The smallest absolute Gasteiger partial charge is 0.0782 e. The number of carboxylic acid groups (broad SMARTS) is 2. The van der Waals surface area contributed by atoms with Crippen LogP contribution < -0.4 is 10.2 Å². The summed E-state index contributed by atoms with van der Waals surface area (Å²) in [5, 5.41) is 20.0. The van der Waals surface area contributed by atoms with Crippen LogP contribution in [0.4, 0.5) is 0 Å². The van der Waals surface area contributed by atoms with E-state index in [9.17, 15) is 19.8 Å². The summed E-state index contributed by atoms with van der Waals surface area (Å²) >= 11 is 0. The van der Waals surface area contributed by atoms with Crippen molar-refractivity contribution in [1.82, 2.24) is 0 Å². The summed E-state index contributed by atoms with van der Waals surface area (Å²) < 4.78 is 2.48. The first-order chi connectivity index (χ1) is 28.4. The Morgan fingerprint density at radius 2 is 0.424 bits per heavy atom. The molecule has 0 fully saturated rings. The number of hydrogen-bond acceptors (Lipinski definition) is 4. The summed E-state index contributed by atoms with van der Waals surface area (Å²) in [4.78, 5) is 20.0. The van der Waals surface area contributed by atoms with E-state index in [1.807, 2.05) is 0 Å². The Balaban J connectivity index is -0.000000831. The molecule has 0 rings (SSSR count). The van der Waals surface area contributed by atoms with E-state index in [0.29, 0.717) is 12.8 Å². The van der Waals surface area contributed by atoms with Gasteiger partial charge >= 0.3 is 0 Å². The number of carbonyl (C=O) groups excluding carboxylic acids is 2. The maximum absolute atomic E-state index is 9.98. The van der Waals surface area contributed by atoms with E-state index in [1.54, 1.807) is 0 Å². The summed E-state index contributed by atoms with van der Waals surface area (Å²) in [7, 11) is 9.73. The van der Waals surface area contributed by atoms with Gasteiger partial charge in [-0.05, 0) is 77.0 Å². The Bertz CT molecular complexity index is 720. The molecule has 0 spiro atoms. The molecule has 6 nitrogen and oxygen atoms in total. The molecule has 0 N–H and O–H groups in total. The van der Waals surface area contributed by atoms with Crippen LogP contribution in [0.2, 0.25) is 0 Å². The van der Waals surface area contributed by atoms with Gasteiger partial charge in [-0.2, -0.15) is 0 Å². The van der Waals surface area contributed by atoms with Crippen LogP contribution in [0.5, 0.6) is 0 Å². The first kappa shape index (κ1) is 62.2. The molecule has 0 bridgehead atoms. The van der Waals surface area contributed by atoms with E-state index in [4.69, 9.17) is 0 Å². The second kappa shape index (κ2) is 49.5. The third kappa shape index (κ3) is 61.2. The van der Waals surface area contributed by atoms with Crippen LogP contribution in [0.15, 0.2) is 0 Å². The van der Waals surface area contributed by atoms with Gasteiger partial charge in [0.15, 0.2) is 0 Å². The average Bonchev–Trinajstić information content (AvgIpc) is 3.19. The maximum Gasteiger partial charge on any atom is 0.0782 e. The number of unbranched alkanes of at least 4 members (excludes halogenated alkanes) is 32. The van der Waals surface area contributed by atoms with Crippen molar-refractivity contribution >= 4 is 11.9 Å². The summed E-state index contributed by atoms with van der Waals surface area (Å²) in [6, 6.07) is 0. The quantitative estimate of drug-likeness (QED) is 0.0452. The highest BCUT2D eigenvalue weighted by atomic mass is 16.4. The fraction of sp³-hybridized carbons (Fsp3) is 0.962. The van der Waals surface area contributed by atoms with Crippen LogP contribution in [-0.2, 0) is 9.59 Å². The van der Waals surface area contributed by atoms with E-state index in [-0.39, 0.29) is 12.8 Å². The van der Waals surface area contributed by atoms with E-state index >= 15 is 0 Å². The van der Waals surface area contributed by atoms with Gasteiger partial charge in [0.05, 0.1) is 54.4 Å². The highest BCUT2D eigenvalue weighted by Crippen LogP contribution is 2.15. The average molecular weight is 839 g/mol. The lowest BCUT2D eigenvalue weighted by molar-refractivity contribution is -0.890. The van der Waals surface area contributed by atoms with Crippen molar-refractivity contribution in [3.63, 3.8) is 0 Å². The summed E-state index contributed by atoms with van der Waals surface area (Å²) in [5.74, 6) is -2.04. The topological polar surface area (TPSA) is 80.3 Å². The zero-order chi connectivity index (χ0) is 44.6. The Labute approximate surface area is 372 Å². The van der Waals surface area contributed by atoms with Gasteiger partial charge in [0.2, 0.25) is 0 Å². The highest BCUT2D eigenvalue weighted by molar-refractivity contribution is 5.64. The lowest BCUT2D eigenvalue weighted by atomic mass is 10.1. The molecule has 0 aliphatic carbocycles. The van der Waals surface area contributed by atoms with Crippen molar-refractivity contribution in [3.05, 3.63) is 0 Å². The van der Waals surface area contributed by atoms with Crippen LogP contribution in [0.3, 0.4) is 0 Å². The van der Waals surface area contributed by atoms with Crippen LogP contribution >= 0.6 is 0 Å². The van der Waals surface area contributed by atoms with Crippen LogP contribution in [-0.4, -0.2) is 75.3 Å². The Morgan fingerprint density at radius 3 is 0.593 bits per heavy atom. The second-order valence-electron chi connectivity index (χ2n) is 19.7. The molecule has 6 heteroatoms. The van der Waals surface area contributed by atoms with Gasteiger partial charge in [-0.3, -0.25) is 0 Å². The van der Waals surface area contributed by atoms with Gasteiger partial charge in [0, 0.05) is 11.9 Å². The largest absolute Gasteiger partial charge is 0.550 e. The minimum absolute atomic E-state index is 0.0977. The highest BCUT2D eigenvalue weighted by Gasteiger charge is 2.14. The number of quaternary nitrogens is 2. The molecule has 0 unspecified atom stereocenters. The lowest BCUT2D eigenvalue weighted by Gasteiger charge is -2.30. The summed E-state index contributed by atoms with van der Waals surface area (Å²) in [6.07, 6.45) is 50.0. The van der Waals surface area contributed by atoms with E-state index in [0.717, 1.165) is 19.3 Å². The van der Waals surface area contributed by atoms with Crippen molar-refractivity contribution in [1.29, 1.82) is 0 Å². The first-order valence-electron chi connectivity index (χ1n) is 26.4. The molecule has 0 atom stereocenters. The van der Waals surface area contributed by atoms with Crippen molar-refractivity contribution < 1.29 is 28.8 Å². The number of nitrogens with zero attached hydrogens (tertiary/aromatic N) is 2. The van der Waals surface area contributed by atoms with Crippen LogP contribution in [0.1, 0.15) is 278 Å². The molecule has 0 saturated heterocycles. The fourth-order valence-electron chi connectivity index (χ4n) is 7.99. The van der Waals surface area contributed by atoms with Crippen molar-refractivity contribution in [2.45, 2.75) is 278 Å². The van der Waals surface area contributed by atoms with E-state index in [1.165, 1.54) is 241 Å². The number of rotatable bonds is 44. The Morgan fingerprint density at radius 1 is 0.271 bits per heavy atom. The third-order valence-corrected chi connectivity index (χ3v) is 12.2. The molecule has 0 heterocycles. The first-order valence-corrected chi connectivity index (χ1v) is 26.4. The SMILES string of the molecule is CCCCCCCCCC[N+](C)(C)CCCCCCCCCC.CCCCCCCCCC[N+](C)(C)CCCCCCCCCC.O=C([O-])CCCCCCCC(=O)[O-]. The molecule has 0 radical (unpaired) electrons. The zero-order valence-corrected chi connectivity index (χ0v) is 41.9. The maximum atomic E-state index is 9.98. The van der Waals surface area contributed by atoms with Gasteiger partial charge in [0.1, 0.15) is 0 Å². The van der Waals surface area contributed by atoms with Gasteiger partial charge < -0.3 is 28.8 Å². The Kier molecular flexibility index (Phi) is 52.2. The molecule has 0 amide bonds.